The fraction of sp³-hybridized carbons (Fsp3) is 0.346. The lowest BCUT2D eigenvalue weighted by atomic mass is 9.69. The van der Waals surface area contributed by atoms with Crippen molar-refractivity contribution in [3.05, 3.63) is 75.9 Å². The molecule has 0 spiro atoms. The number of fused-ring (bicyclic) bond motifs is 1. The van der Waals surface area contributed by atoms with Gasteiger partial charge in [0, 0.05) is 11.1 Å². The highest BCUT2D eigenvalue weighted by Gasteiger charge is 2.30. The largest absolute Gasteiger partial charge is 0.478 e. The minimum absolute atomic E-state index is 0.145. The second kappa shape index (κ2) is 8.07. The van der Waals surface area contributed by atoms with Gasteiger partial charge in [0.2, 0.25) is 0 Å². The zero-order valence-corrected chi connectivity index (χ0v) is 17.2. The molecule has 0 radical (unpaired) electrons. The fourth-order valence-corrected chi connectivity index (χ4v) is 4.04. The highest BCUT2D eigenvalue weighted by Crippen LogP contribution is 2.44. The van der Waals surface area contributed by atoms with Gasteiger partial charge in [-0.3, -0.25) is 0 Å². The molecule has 0 saturated heterocycles. The highest BCUT2D eigenvalue weighted by atomic mass is 16.4. The predicted octanol–water partition coefficient (Wildman–Crippen LogP) is 6.43. The molecule has 0 heterocycles. The van der Waals surface area contributed by atoms with E-state index in [2.05, 4.69) is 57.7 Å². The first kappa shape index (κ1) is 20.0. The Morgan fingerprint density at radius 2 is 1.61 bits per heavy atom. The maximum atomic E-state index is 11.0. The molecule has 0 saturated carbocycles. The molecule has 28 heavy (non-hydrogen) atoms. The molecule has 0 bridgehead atoms. The summed E-state index contributed by atoms with van der Waals surface area (Å²) in [4.78, 5) is 11.0. The van der Waals surface area contributed by atoms with Gasteiger partial charge in [-0.1, -0.05) is 51.2 Å². The SMILES string of the molecule is CCC(CC)=C1CCC(C)(C)c2cc(C#Cc3ccc(C(=O)O)cc3)ccc21. The Morgan fingerprint density at radius 3 is 2.21 bits per heavy atom. The van der Waals surface area contributed by atoms with Crippen LogP contribution < -0.4 is 0 Å². The number of carbonyl (C=O) groups is 1. The lowest BCUT2D eigenvalue weighted by Gasteiger charge is -2.35. The quantitative estimate of drug-likeness (QED) is 0.630. The smallest absolute Gasteiger partial charge is 0.335 e. The third-order valence-electron chi connectivity index (χ3n) is 5.84. The van der Waals surface area contributed by atoms with Crippen LogP contribution in [0.5, 0.6) is 0 Å². The topological polar surface area (TPSA) is 37.3 Å². The lowest BCUT2D eigenvalue weighted by Crippen LogP contribution is -2.24. The molecule has 2 heteroatoms. The van der Waals surface area contributed by atoms with Crippen LogP contribution in [0.15, 0.2) is 48.0 Å². The van der Waals surface area contributed by atoms with Crippen LogP contribution in [0, 0.1) is 11.8 Å². The normalized spacial score (nSPS) is 14.6. The number of carboxylic acids is 1. The number of rotatable bonds is 3. The van der Waals surface area contributed by atoms with Crippen molar-refractivity contribution in [1.29, 1.82) is 0 Å². The predicted molar refractivity (Wildman–Crippen MR) is 116 cm³/mol. The van der Waals surface area contributed by atoms with E-state index in [0.29, 0.717) is 0 Å². The summed E-state index contributed by atoms with van der Waals surface area (Å²) in [6, 6.07) is 13.3. The second-order valence-corrected chi connectivity index (χ2v) is 8.07. The zero-order chi connectivity index (χ0) is 20.3. The van der Waals surface area contributed by atoms with E-state index in [1.807, 2.05) is 0 Å². The van der Waals surface area contributed by atoms with Crippen LogP contribution in [0.4, 0.5) is 0 Å². The molecule has 2 aromatic carbocycles. The van der Waals surface area contributed by atoms with Crippen molar-refractivity contribution in [3.8, 4) is 11.8 Å². The minimum Gasteiger partial charge on any atom is -0.478 e. The van der Waals surface area contributed by atoms with E-state index in [9.17, 15) is 4.79 Å². The molecule has 1 aliphatic rings. The van der Waals surface area contributed by atoms with E-state index in [-0.39, 0.29) is 11.0 Å². The molecule has 3 rings (SSSR count). The first-order valence-electron chi connectivity index (χ1n) is 10.1. The van der Waals surface area contributed by atoms with Crippen molar-refractivity contribution in [1.82, 2.24) is 0 Å². The first-order chi connectivity index (χ1) is 13.4. The maximum Gasteiger partial charge on any atom is 0.335 e. The van der Waals surface area contributed by atoms with Crippen molar-refractivity contribution >= 4 is 11.5 Å². The molecule has 2 nitrogen and oxygen atoms in total. The molecule has 1 aliphatic carbocycles. The maximum absolute atomic E-state index is 11.0. The van der Waals surface area contributed by atoms with Gasteiger partial charge in [0.1, 0.15) is 0 Å². The summed E-state index contributed by atoms with van der Waals surface area (Å²) in [5, 5.41) is 9.00. The lowest BCUT2D eigenvalue weighted by molar-refractivity contribution is 0.0697. The van der Waals surface area contributed by atoms with Gasteiger partial charge in [0.25, 0.3) is 0 Å². The molecule has 0 aromatic heterocycles. The third-order valence-corrected chi connectivity index (χ3v) is 5.84. The molecule has 2 aromatic rings. The molecule has 144 valence electrons. The van der Waals surface area contributed by atoms with Gasteiger partial charge in [-0.05, 0) is 84.2 Å². The molecular weight excluding hydrogens is 344 g/mol. The first-order valence-corrected chi connectivity index (χ1v) is 10.1. The van der Waals surface area contributed by atoms with Crippen LogP contribution in [-0.4, -0.2) is 11.1 Å². The van der Waals surface area contributed by atoms with E-state index in [0.717, 1.165) is 36.8 Å². The highest BCUT2D eigenvalue weighted by molar-refractivity contribution is 5.87. The van der Waals surface area contributed by atoms with Crippen molar-refractivity contribution in [2.75, 3.05) is 0 Å². The van der Waals surface area contributed by atoms with Crippen molar-refractivity contribution in [2.45, 2.75) is 58.8 Å². The summed E-state index contributed by atoms with van der Waals surface area (Å²) >= 11 is 0. The number of aromatic carboxylic acids is 1. The molecular formula is C26H28O2. The Morgan fingerprint density at radius 1 is 1.00 bits per heavy atom. The summed E-state index contributed by atoms with van der Waals surface area (Å²) < 4.78 is 0. The van der Waals surface area contributed by atoms with Crippen LogP contribution in [0.25, 0.3) is 5.57 Å². The summed E-state index contributed by atoms with van der Waals surface area (Å²) in [7, 11) is 0. The summed E-state index contributed by atoms with van der Waals surface area (Å²) in [5.41, 5.74) is 8.13. The molecule has 0 amide bonds. The van der Waals surface area contributed by atoms with Crippen LogP contribution in [-0.2, 0) is 5.41 Å². The van der Waals surface area contributed by atoms with Gasteiger partial charge in [0.05, 0.1) is 5.56 Å². The van der Waals surface area contributed by atoms with E-state index >= 15 is 0 Å². The van der Waals surface area contributed by atoms with Gasteiger partial charge in [-0.2, -0.15) is 0 Å². The Hall–Kier alpha value is -2.79. The van der Waals surface area contributed by atoms with E-state index < -0.39 is 5.97 Å². The monoisotopic (exact) mass is 372 g/mol. The van der Waals surface area contributed by atoms with E-state index in [1.165, 1.54) is 16.7 Å². The number of benzene rings is 2. The molecule has 0 atom stereocenters. The van der Waals surface area contributed by atoms with Crippen LogP contribution in [0.3, 0.4) is 0 Å². The van der Waals surface area contributed by atoms with Crippen molar-refractivity contribution in [2.24, 2.45) is 0 Å². The molecule has 1 N–H and O–H groups in total. The number of allylic oxidation sites excluding steroid dienone is 2. The second-order valence-electron chi connectivity index (χ2n) is 8.07. The van der Waals surface area contributed by atoms with Gasteiger partial charge in [-0.15, -0.1) is 0 Å². The molecule has 0 fully saturated rings. The Bertz CT molecular complexity index is 973. The van der Waals surface area contributed by atoms with Crippen LogP contribution >= 0.6 is 0 Å². The fourth-order valence-electron chi connectivity index (χ4n) is 4.04. The third kappa shape index (κ3) is 4.04. The van der Waals surface area contributed by atoms with E-state index in [4.69, 9.17) is 5.11 Å². The van der Waals surface area contributed by atoms with Crippen LogP contribution in [0.1, 0.15) is 86.0 Å². The summed E-state index contributed by atoms with van der Waals surface area (Å²) in [6.45, 7) is 9.14. The zero-order valence-electron chi connectivity index (χ0n) is 17.2. The molecule has 0 aliphatic heterocycles. The van der Waals surface area contributed by atoms with Gasteiger partial charge >= 0.3 is 5.97 Å². The molecule has 0 unspecified atom stereocenters. The average Bonchev–Trinajstić information content (AvgIpc) is 2.69. The van der Waals surface area contributed by atoms with Gasteiger partial charge in [0.15, 0.2) is 0 Å². The average molecular weight is 373 g/mol. The summed E-state index contributed by atoms with van der Waals surface area (Å²) in [5.74, 6) is 5.50. The van der Waals surface area contributed by atoms with Gasteiger partial charge in [-0.25, -0.2) is 4.79 Å². The standard InChI is InChI=1S/C26H28O2/c1-5-20(6-2)22-15-16-26(3,4)24-17-19(11-14-23(22)24)8-7-18-9-12-21(13-10-18)25(27)28/h9-14,17H,5-6,15-16H2,1-4H3,(H,27,28). The van der Waals surface area contributed by atoms with Crippen molar-refractivity contribution in [3.63, 3.8) is 0 Å². The number of hydrogen-bond acceptors (Lipinski definition) is 1. The number of carboxylic acid groups (broad SMARTS) is 1. The Labute approximate surface area is 168 Å². The summed E-state index contributed by atoms with van der Waals surface area (Å²) in [6.07, 6.45) is 4.53. The number of hydrogen-bond donors (Lipinski definition) is 1. The Kier molecular flexibility index (Phi) is 5.75. The van der Waals surface area contributed by atoms with Crippen LogP contribution in [0.2, 0.25) is 0 Å². The van der Waals surface area contributed by atoms with Crippen molar-refractivity contribution < 1.29 is 9.90 Å². The van der Waals surface area contributed by atoms with Gasteiger partial charge < -0.3 is 5.11 Å². The van der Waals surface area contributed by atoms with E-state index in [1.54, 1.807) is 29.8 Å². The minimum atomic E-state index is -0.918. The Balaban J connectivity index is 1.99.